The lowest BCUT2D eigenvalue weighted by Gasteiger charge is -1.69. The second-order valence-corrected chi connectivity index (χ2v) is 3.88. The van der Waals surface area contributed by atoms with E-state index in [-0.39, 0.29) is 0 Å². The van der Waals surface area contributed by atoms with E-state index in [9.17, 15) is 0 Å². The number of aromatic nitrogens is 3. The Kier molecular flexibility index (Phi) is 4.80. The fourth-order valence-corrected chi connectivity index (χ4v) is 1.97. The van der Waals surface area contributed by atoms with Crippen LogP contribution in [0.1, 0.15) is 0 Å². The Hall–Kier alpha value is -0.550. The van der Waals surface area contributed by atoms with E-state index in [4.69, 9.17) is 0 Å². The molecule has 1 aliphatic heterocycles. The molecule has 1 aromatic heterocycles. The molecule has 0 saturated carbocycles. The highest BCUT2D eigenvalue weighted by Crippen LogP contribution is 2.27. The molecular weight excluding hydrogens is 178 g/mol. The van der Waals surface area contributed by atoms with Crippen molar-refractivity contribution in [2.24, 2.45) is 0 Å². The molecular formula is C6H7N3S2. The van der Waals surface area contributed by atoms with Gasteiger partial charge in [-0.25, -0.2) is 0 Å². The molecule has 0 amide bonds. The van der Waals surface area contributed by atoms with Crippen LogP contribution in [0.2, 0.25) is 0 Å². The summed E-state index contributed by atoms with van der Waals surface area (Å²) in [6, 6.07) is 1.72. The number of hydrogen-bond acceptors (Lipinski definition) is 5. The van der Waals surface area contributed by atoms with Gasteiger partial charge in [-0.05, 0) is 16.7 Å². The molecule has 0 spiro atoms. The van der Waals surface area contributed by atoms with Gasteiger partial charge < -0.3 is 0 Å². The van der Waals surface area contributed by atoms with Crippen LogP contribution in [-0.4, -0.2) is 21.2 Å². The Balaban J connectivity index is 0.000000112. The minimum absolute atomic E-state index is 1.20. The van der Waals surface area contributed by atoms with E-state index in [1.165, 1.54) is 5.75 Å². The van der Waals surface area contributed by atoms with Crippen molar-refractivity contribution in [3.8, 4) is 0 Å². The predicted octanol–water partition coefficient (Wildman–Crippen LogP) is 1.77. The van der Waals surface area contributed by atoms with Crippen LogP contribution >= 0.6 is 21.6 Å². The van der Waals surface area contributed by atoms with Crippen molar-refractivity contribution in [2.45, 2.75) is 0 Å². The van der Waals surface area contributed by atoms with Crippen LogP contribution in [0.5, 0.6) is 0 Å². The average molecular weight is 185 g/mol. The zero-order chi connectivity index (χ0) is 7.78. The van der Waals surface area contributed by atoms with E-state index in [2.05, 4.69) is 26.9 Å². The lowest BCUT2D eigenvalue weighted by Crippen LogP contribution is -1.78. The van der Waals surface area contributed by atoms with Crippen molar-refractivity contribution in [1.82, 2.24) is 15.4 Å². The van der Waals surface area contributed by atoms with Gasteiger partial charge in [0.1, 0.15) is 0 Å². The molecule has 1 aromatic rings. The summed E-state index contributed by atoms with van der Waals surface area (Å²) in [5.74, 6) is 1.20. The summed E-state index contributed by atoms with van der Waals surface area (Å²) in [4.78, 5) is 0. The largest absolute Gasteiger partial charge is 0.139 e. The van der Waals surface area contributed by atoms with E-state index >= 15 is 0 Å². The zero-order valence-corrected chi connectivity index (χ0v) is 7.38. The van der Waals surface area contributed by atoms with Gasteiger partial charge in [0, 0.05) is 5.75 Å². The molecule has 2 heterocycles. The maximum atomic E-state index is 3.42. The van der Waals surface area contributed by atoms with Gasteiger partial charge in [-0.15, -0.1) is 10.2 Å². The molecule has 1 aliphatic rings. The molecule has 0 N–H and O–H groups in total. The van der Waals surface area contributed by atoms with Crippen molar-refractivity contribution >= 4 is 21.6 Å². The first-order chi connectivity index (χ1) is 5.50. The lowest BCUT2D eigenvalue weighted by molar-refractivity contribution is 0.865. The third kappa shape index (κ3) is 4.80. The van der Waals surface area contributed by atoms with Crippen LogP contribution in [0.3, 0.4) is 0 Å². The van der Waals surface area contributed by atoms with Gasteiger partial charge in [-0.2, -0.15) is 0 Å². The summed E-state index contributed by atoms with van der Waals surface area (Å²) in [7, 11) is 3.69. The summed E-state index contributed by atoms with van der Waals surface area (Å²) in [6.07, 6.45) is 5.31. The van der Waals surface area contributed by atoms with E-state index in [0.717, 1.165) is 0 Å². The Morgan fingerprint density at radius 3 is 2.18 bits per heavy atom. The van der Waals surface area contributed by atoms with E-state index < -0.39 is 0 Å². The summed E-state index contributed by atoms with van der Waals surface area (Å²) >= 11 is 0. The molecule has 0 radical (unpaired) electrons. The Bertz CT molecular complexity index is 170. The van der Waals surface area contributed by atoms with Gasteiger partial charge in [-0.1, -0.05) is 27.7 Å². The monoisotopic (exact) mass is 185 g/mol. The summed E-state index contributed by atoms with van der Waals surface area (Å²) in [6.45, 7) is 0. The minimum Gasteiger partial charge on any atom is -0.139 e. The number of hydrogen-bond donors (Lipinski definition) is 0. The third-order valence-corrected chi connectivity index (χ3v) is 2.71. The van der Waals surface area contributed by atoms with Crippen molar-refractivity contribution in [3.05, 3.63) is 29.9 Å². The van der Waals surface area contributed by atoms with Crippen LogP contribution in [0.15, 0.2) is 29.9 Å². The molecule has 0 aliphatic carbocycles. The topological polar surface area (TPSA) is 38.7 Å². The van der Waals surface area contributed by atoms with Crippen LogP contribution in [0.25, 0.3) is 0 Å². The molecule has 0 atom stereocenters. The quantitative estimate of drug-likeness (QED) is 0.576. The molecule has 0 saturated heterocycles. The molecule has 0 bridgehead atoms. The van der Waals surface area contributed by atoms with E-state index in [0.29, 0.717) is 0 Å². The highest BCUT2D eigenvalue weighted by atomic mass is 33.1. The maximum Gasteiger partial charge on any atom is 0.0529 e. The van der Waals surface area contributed by atoms with Crippen LogP contribution in [0, 0.1) is 0 Å². The Labute approximate surface area is 73.1 Å². The van der Waals surface area contributed by atoms with Gasteiger partial charge >= 0.3 is 0 Å². The second kappa shape index (κ2) is 6.18. The van der Waals surface area contributed by atoms with Gasteiger partial charge in [0.25, 0.3) is 0 Å². The van der Waals surface area contributed by atoms with Crippen molar-refractivity contribution < 1.29 is 0 Å². The summed E-state index contributed by atoms with van der Waals surface area (Å²) in [5, 5.41) is 12.2. The second-order valence-electron chi connectivity index (χ2n) is 1.56. The molecule has 58 valence electrons. The maximum absolute atomic E-state index is 3.42. The lowest BCUT2D eigenvalue weighted by atomic mass is 10.7. The van der Waals surface area contributed by atoms with Crippen LogP contribution < -0.4 is 0 Å². The van der Waals surface area contributed by atoms with Gasteiger partial charge in [0.15, 0.2) is 0 Å². The minimum atomic E-state index is 1.20. The SMILES string of the molecule is C1=CSSC1.c1cnnnc1. The zero-order valence-electron chi connectivity index (χ0n) is 5.75. The highest BCUT2D eigenvalue weighted by Gasteiger charge is 1.85. The van der Waals surface area contributed by atoms with Gasteiger partial charge in [0.05, 0.1) is 12.4 Å². The molecule has 11 heavy (non-hydrogen) atoms. The predicted molar refractivity (Wildman–Crippen MR) is 49.0 cm³/mol. The summed E-state index contributed by atoms with van der Waals surface area (Å²) in [5.41, 5.74) is 0. The molecule has 3 nitrogen and oxygen atoms in total. The number of nitrogens with zero attached hydrogens (tertiary/aromatic N) is 3. The molecule has 0 unspecified atom stereocenters. The highest BCUT2D eigenvalue weighted by molar-refractivity contribution is 8.78. The molecule has 0 aromatic carbocycles. The van der Waals surface area contributed by atoms with Gasteiger partial charge in [0.2, 0.25) is 0 Å². The molecule has 5 heteroatoms. The Morgan fingerprint density at radius 2 is 2.00 bits per heavy atom. The molecule has 2 rings (SSSR count). The van der Waals surface area contributed by atoms with E-state index in [1.54, 1.807) is 18.5 Å². The first-order valence-electron chi connectivity index (χ1n) is 3.02. The Morgan fingerprint density at radius 1 is 1.18 bits per heavy atom. The smallest absolute Gasteiger partial charge is 0.0529 e. The fraction of sp³-hybridized carbons (Fsp3) is 0.167. The third-order valence-electron chi connectivity index (χ3n) is 0.793. The number of rotatable bonds is 0. The fourth-order valence-electron chi connectivity index (χ4n) is 0.401. The van der Waals surface area contributed by atoms with Crippen molar-refractivity contribution in [1.29, 1.82) is 0 Å². The normalized spacial score (nSPS) is 13.8. The first kappa shape index (κ1) is 8.55. The van der Waals surface area contributed by atoms with Crippen molar-refractivity contribution in [3.63, 3.8) is 0 Å². The average Bonchev–Trinajstić information content (AvgIpc) is 2.64. The van der Waals surface area contributed by atoms with Gasteiger partial charge in [-0.3, -0.25) is 0 Å². The van der Waals surface area contributed by atoms with Crippen LogP contribution in [-0.2, 0) is 0 Å². The van der Waals surface area contributed by atoms with Crippen molar-refractivity contribution in [2.75, 3.05) is 5.75 Å². The first-order valence-corrected chi connectivity index (χ1v) is 5.40. The molecule has 0 fully saturated rings. The van der Waals surface area contributed by atoms with Crippen LogP contribution in [0.4, 0.5) is 0 Å². The standard InChI is InChI=1S/C3H3N3.C3H4S2/c1-2-4-6-5-3-1;1-2-4-5-3-1/h1-3H;1-2H,3H2. The van der Waals surface area contributed by atoms with E-state index in [1.807, 2.05) is 21.6 Å². The summed E-state index contributed by atoms with van der Waals surface area (Å²) < 4.78 is 0.